The van der Waals surface area contributed by atoms with Crippen LogP contribution in [0.5, 0.6) is 5.06 Å². The molecule has 0 amide bonds. The van der Waals surface area contributed by atoms with E-state index < -0.39 is 0 Å². The number of thiophene rings is 1. The standard InChI is InChI=1S/C11H8ClN3OS/c1-16-11-5-2-8(17-11)7-6-13-10-4-3-9(12)14-15(7)10/h2-6H,1H3. The first kappa shape index (κ1) is 10.6. The van der Waals surface area contributed by atoms with Gasteiger partial charge in [-0.1, -0.05) is 22.9 Å². The van der Waals surface area contributed by atoms with Gasteiger partial charge in [0.05, 0.1) is 18.2 Å². The molecule has 0 radical (unpaired) electrons. The molecular weight excluding hydrogens is 258 g/mol. The van der Waals surface area contributed by atoms with E-state index in [4.69, 9.17) is 16.3 Å². The molecule has 3 aromatic rings. The average molecular weight is 266 g/mol. The Labute approximate surface area is 106 Å². The summed E-state index contributed by atoms with van der Waals surface area (Å²) in [7, 11) is 1.65. The molecule has 3 rings (SSSR count). The SMILES string of the molecule is COc1ccc(-c2cnc3ccc(Cl)nn23)s1. The number of aromatic nitrogens is 3. The molecule has 17 heavy (non-hydrogen) atoms. The van der Waals surface area contributed by atoms with Gasteiger partial charge in [0.2, 0.25) is 0 Å². The summed E-state index contributed by atoms with van der Waals surface area (Å²) in [6.45, 7) is 0. The zero-order valence-corrected chi connectivity index (χ0v) is 10.5. The Morgan fingerprint density at radius 3 is 2.94 bits per heavy atom. The molecule has 0 atom stereocenters. The van der Waals surface area contributed by atoms with Crippen LogP contribution in [0.2, 0.25) is 5.15 Å². The van der Waals surface area contributed by atoms with E-state index in [-0.39, 0.29) is 0 Å². The topological polar surface area (TPSA) is 39.4 Å². The van der Waals surface area contributed by atoms with E-state index in [2.05, 4.69) is 10.1 Å². The molecule has 4 nitrogen and oxygen atoms in total. The molecule has 6 heteroatoms. The Morgan fingerprint density at radius 2 is 2.18 bits per heavy atom. The molecular formula is C11H8ClN3OS. The molecule has 0 aliphatic rings. The Kier molecular flexibility index (Phi) is 2.49. The van der Waals surface area contributed by atoms with E-state index >= 15 is 0 Å². The average Bonchev–Trinajstić information content (AvgIpc) is 2.93. The first-order valence-corrected chi connectivity index (χ1v) is 6.12. The second-order valence-corrected chi connectivity index (χ2v) is 4.83. The lowest BCUT2D eigenvalue weighted by Gasteiger charge is -1.97. The number of methoxy groups -OCH3 is 1. The molecule has 0 aromatic carbocycles. The number of halogens is 1. The minimum atomic E-state index is 0.445. The fourth-order valence-corrected chi connectivity index (χ4v) is 2.54. The molecule has 0 bridgehead atoms. The summed E-state index contributed by atoms with van der Waals surface area (Å²) in [5, 5.41) is 5.54. The second kappa shape index (κ2) is 4.01. The molecule has 0 unspecified atom stereocenters. The summed E-state index contributed by atoms with van der Waals surface area (Å²) in [5.41, 5.74) is 1.69. The van der Waals surface area contributed by atoms with Crippen molar-refractivity contribution < 1.29 is 4.74 Å². The Bertz CT molecular complexity index is 676. The lowest BCUT2D eigenvalue weighted by Crippen LogP contribution is -1.92. The molecule has 86 valence electrons. The van der Waals surface area contributed by atoms with Crippen molar-refractivity contribution in [1.29, 1.82) is 0 Å². The van der Waals surface area contributed by atoms with E-state index in [1.165, 1.54) is 0 Å². The quantitative estimate of drug-likeness (QED) is 0.715. The van der Waals surface area contributed by atoms with Gasteiger partial charge in [-0.3, -0.25) is 0 Å². The van der Waals surface area contributed by atoms with Gasteiger partial charge in [0.1, 0.15) is 10.8 Å². The predicted octanol–water partition coefficient (Wildman–Crippen LogP) is 3.12. The third-order valence-electron chi connectivity index (χ3n) is 2.36. The van der Waals surface area contributed by atoms with E-state index in [1.54, 1.807) is 35.2 Å². The normalized spacial score (nSPS) is 10.9. The molecule has 0 saturated carbocycles. The molecule has 0 aliphatic heterocycles. The van der Waals surface area contributed by atoms with Crippen molar-refractivity contribution in [2.75, 3.05) is 7.11 Å². The zero-order valence-electron chi connectivity index (χ0n) is 8.92. The number of imidazole rings is 1. The summed E-state index contributed by atoms with van der Waals surface area (Å²) in [6.07, 6.45) is 1.78. The van der Waals surface area contributed by atoms with Gasteiger partial charge in [-0.15, -0.1) is 0 Å². The van der Waals surface area contributed by atoms with Gasteiger partial charge in [0, 0.05) is 0 Å². The molecule has 3 heterocycles. The fourth-order valence-electron chi connectivity index (χ4n) is 1.59. The summed E-state index contributed by atoms with van der Waals surface area (Å²) in [6, 6.07) is 7.46. The molecule has 3 aromatic heterocycles. The Hall–Kier alpha value is -1.59. The van der Waals surface area contributed by atoms with E-state index in [0.717, 1.165) is 21.3 Å². The van der Waals surface area contributed by atoms with Gasteiger partial charge in [0.25, 0.3) is 0 Å². The number of fused-ring (bicyclic) bond motifs is 1. The monoisotopic (exact) mass is 265 g/mol. The minimum Gasteiger partial charge on any atom is -0.487 e. The van der Waals surface area contributed by atoms with Gasteiger partial charge in [-0.25, -0.2) is 9.50 Å². The number of hydrogen-bond acceptors (Lipinski definition) is 4. The van der Waals surface area contributed by atoms with Gasteiger partial charge in [-0.05, 0) is 24.3 Å². The van der Waals surface area contributed by atoms with Gasteiger partial charge < -0.3 is 4.74 Å². The van der Waals surface area contributed by atoms with E-state index in [0.29, 0.717) is 5.15 Å². The van der Waals surface area contributed by atoms with Crippen molar-refractivity contribution in [3.05, 3.63) is 35.6 Å². The predicted molar refractivity (Wildman–Crippen MR) is 67.9 cm³/mol. The third kappa shape index (κ3) is 1.77. The van der Waals surface area contributed by atoms with Crippen LogP contribution >= 0.6 is 22.9 Å². The van der Waals surface area contributed by atoms with Crippen LogP contribution in [-0.2, 0) is 0 Å². The summed E-state index contributed by atoms with van der Waals surface area (Å²) < 4.78 is 6.90. The molecule has 0 aliphatic carbocycles. The third-order valence-corrected chi connectivity index (χ3v) is 3.64. The van der Waals surface area contributed by atoms with E-state index in [1.807, 2.05) is 18.2 Å². The largest absolute Gasteiger partial charge is 0.487 e. The van der Waals surface area contributed by atoms with Gasteiger partial charge >= 0.3 is 0 Å². The molecule has 0 N–H and O–H groups in total. The van der Waals surface area contributed by atoms with Crippen molar-refractivity contribution in [2.45, 2.75) is 0 Å². The van der Waals surface area contributed by atoms with Crippen LogP contribution in [0.3, 0.4) is 0 Å². The highest BCUT2D eigenvalue weighted by Crippen LogP contribution is 2.32. The maximum atomic E-state index is 5.89. The smallest absolute Gasteiger partial charge is 0.173 e. The van der Waals surface area contributed by atoms with Crippen LogP contribution in [0.1, 0.15) is 0 Å². The number of nitrogens with zero attached hydrogens (tertiary/aromatic N) is 3. The molecule has 0 spiro atoms. The van der Waals surface area contributed by atoms with Crippen molar-refractivity contribution in [3.8, 4) is 15.6 Å². The number of ether oxygens (including phenoxy) is 1. The van der Waals surface area contributed by atoms with Crippen molar-refractivity contribution in [1.82, 2.24) is 14.6 Å². The Balaban J connectivity index is 2.19. The number of hydrogen-bond donors (Lipinski definition) is 0. The van der Waals surface area contributed by atoms with Gasteiger partial charge in [-0.2, -0.15) is 5.10 Å². The lowest BCUT2D eigenvalue weighted by atomic mass is 10.4. The van der Waals surface area contributed by atoms with Crippen LogP contribution in [0.15, 0.2) is 30.5 Å². The Morgan fingerprint density at radius 1 is 1.29 bits per heavy atom. The van der Waals surface area contributed by atoms with Crippen LogP contribution in [0.25, 0.3) is 16.2 Å². The van der Waals surface area contributed by atoms with Gasteiger partial charge in [0.15, 0.2) is 10.7 Å². The van der Waals surface area contributed by atoms with Crippen molar-refractivity contribution in [3.63, 3.8) is 0 Å². The number of rotatable bonds is 2. The zero-order chi connectivity index (χ0) is 11.8. The highest BCUT2D eigenvalue weighted by atomic mass is 35.5. The summed E-state index contributed by atoms with van der Waals surface area (Å²) in [4.78, 5) is 5.32. The molecule has 0 fully saturated rings. The van der Waals surface area contributed by atoms with Crippen molar-refractivity contribution >= 4 is 28.6 Å². The summed E-state index contributed by atoms with van der Waals surface area (Å²) in [5.74, 6) is 0. The van der Waals surface area contributed by atoms with Crippen LogP contribution < -0.4 is 4.74 Å². The van der Waals surface area contributed by atoms with E-state index in [9.17, 15) is 0 Å². The second-order valence-electron chi connectivity index (χ2n) is 3.39. The maximum Gasteiger partial charge on any atom is 0.173 e. The summed E-state index contributed by atoms with van der Waals surface area (Å²) >= 11 is 7.43. The lowest BCUT2D eigenvalue weighted by molar-refractivity contribution is 0.427. The maximum absolute atomic E-state index is 5.89. The molecule has 0 saturated heterocycles. The fraction of sp³-hybridized carbons (Fsp3) is 0.0909. The van der Waals surface area contributed by atoms with Crippen LogP contribution in [-0.4, -0.2) is 21.7 Å². The van der Waals surface area contributed by atoms with Crippen LogP contribution in [0, 0.1) is 0 Å². The minimum absolute atomic E-state index is 0.445. The highest BCUT2D eigenvalue weighted by molar-refractivity contribution is 7.17. The highest BCUT2D eigenvalue weighted by Gasteiger charge is 2.10. The van der Waals surface area contributed by atoms with Crippen LogP contribution in [0.4, 0.5) is 0 Å². The van der Waals surface area contributed by atoms with Crippen molar-refractivity contribution in [2.24, 2.45) is 0 Å². The first-order valence-electron chi connectivity index (χ1n) is 4.92. The first-order chi connectivity index (χ1) is 8.28.